The number of hydrogen-bond acceptors (Lipinski definition) is 2. The van der Waals surface area contributed by atoms with Crippen LogP contribution < -0.4 is 10.6 Å². The zero-order valence-electron chi connectivity index (χ0n) is 11.2. The fourth-order valence-corrected chi connectivity index (χ4v) is 2.90. The molecule has 2 nitrogen and oxygen atoms in total. The average Bonchev–Trinajstić information content (AvgIpc) is 2.84. The van der Waals surface area contributed by atoms with Gasteiger partial charge in [-0.05, 0) is 37.5 Å². The lowest BCUT2D eigenvalue weighted by Gasteiger charge is -2.28. The molecule has 1 saturated heterocycles. The summed E-state index contributed by atoms with van der Waals surface area (Å²) in [5.41, 5.74) is 5.94. The van der Waals surface area contributed by atoms with Crippen molar-refractivity contribution in [3.05, 3.63) is 29.3 Å². The number of hydrogen-bond donors (Lipinski definition) is 1. The van der Waals surface area contributed by atoms with Crippen LogP contribution in [0.1, 0.15) is 37.3 Å². The summed E-state index contributed by atoms with van der Waals surface area (Å²) in [5, 5.41) is 0. The molecule has 0 aliphatic carbocycles. The summed E-state index contributed by atoms with van der Waals surface area (Å²) in [4.78, 5) is 2.13. The summed E-state index contributed by atoms with van der Waals surface area (Å²) in [5.74, 6) is 0. The van der Waals surface area contributed by atoms with Gasteiger partial charge in [-0.15, -0.1) is 0 Å². The van der Waals surface area contributed by atoms with Crippen molar-refractivity contribution in [3.8, 4) is 0 Å². The number of nitrogens with two attached hydrogens (primary N) is 1. The topological polar surface area (TPSA) is 29.3 Å². The quantitative estimate of drug-likeness (QED) is 0.863. The normalized spacial score (nSPS) is 19.4. The molecule has 1 aliphatic rings. The predicted octanol–water partition coefficient (Wildman–Crippen LogP) is 3.72. The lowest BCUT2D eigenvalue weighted by atomic mass is 10.1. The Morgan fingerprint density at radius 1 is 1.45 bits per heavy atom. The van der Waals surface area contributed by atoms with Gasteiger partial charge in [-0.3, -0.25) is 0 Å². The molecule has 1 aromatic rings. The van der Waals surface area contributed by atoms with E-state index < -0.39 is 11.7 Å². The molecule has 6 heteroatoms. The summed E-state index contributed by atoms with van der Waals surface area (Å²) in [6.45, 7) is 2.91. The van der Waals surface area contributed by atoms with Gasteiger partial charge in [-0.25, -0.2) is 0 Å². The standard InChI is InChI=1S/C14H17F3N2S/c1-2-10-4-3-7-19(10)12-6-5-9(14(15,16)17)8-11(12)13(18)20/h5-6,8,10H,2-4,7H2,1H3,(H2,18,20). The van der Waals surface area contributed by atoms with Crippen LogP contribution in [0, 0.1) is 0 Å². The molecule has 2 rings (SSSR count). The Hall–Kier alpha value is -1.30. The second-order valence-corrected chi connectivity index (χ2v) is 5.43. The van der Waals surface area contributed by atoms with Crippen LogP contribution in [0.2, 0.25) is 0 Å². The lowest BCUT2D eigenvalue weighted by Crippen LogP contribution is -2.31. The first kappa shape index (κ1) is 15.1. The molecule has 1 fully saturated rings. The molecule has 0 bridgehead atoms. The molecule has 1 atom stereocenters. The minimum atomic E-state index is -4.38. The number of benzene rings is 1. The van der Waals surface area contributed by atoms with Gasteiger partial charge in [0, 0.05) is 23.8 Å². The van der Waals surface area contributed by atoms with E-state index >= 15 is 0 Å². The Morgan fingerprint density at radius 2 is 2.15 bits per heavy atom. The van der Waals surface area contributed by atoms with Crippen molar-refractivity contribution in [3.63, 3.8) is 0 Å². The van der Waals surface area contributed by atoms with E-state index in [1.165, 1.54) is 6.07 Å². The summed E-state index contributed by atoms with van der Waals surface area (Å²) in [7, 11) is 0. The second kappa shape index (κ2) is 5.60. The Bertz CT molecular complexity index is 514. The SMILES string of the molecule is CCC1CCCN1c1ccc(C(F)(F)F)cc1C(N)=S. The van der Waals surface area contributed by atoms with Gasteiger partial charge in [0.15, 0.2) is 0 Å². The summed E-state index contributed by atoms with van der Waals surface area (Å²) in [6, 6.07) is 4.00. The highest BCUT2D eigenvalue weighted by Crippen LogP contribution is 2.35. The van der Waals surface area contributed by atoms with Crippen molar-refractivity contribution in [2.24, 2.45) is 5.73 Å². The Balaban J connectivity index is 2.46. The van der Waals surface area contributed by atoms with Crippen molar-refractivity contribution in [2.75, 3.05) is 11.4 Å². The van der Waals surface area contributed by atoms with E-state index in [-0.39, 0.29) is 4.99 Å². The van der Waals surface area contributed by atoms with E-state index in [1.54, 1.807) is 0 Å². The number of halogens is 3. The molecule has 0 saturated carbocycles. The molecule has 1 unspecified atom stereocenters. The number of alkyl halides is 3. The van der Waals surface area contributed by atoms with Crippen LogP contribution in [0.4, 0.5) is 18.9 Å². The molecule has 1 heterocycles. The van der Waals surface area contributed by atoms with Crippen LogP contribution in [0.15, 0.2) is 18.2 Å². The van der Waals surface area contributed by atoms with Gasteiger partial charge >= 0.3 is 6.18 Å². The molecule has 0 radical (unpaired) electrons. The highest BCUT2D eigenvalue weighted by atomic mass is 32.1. The van der Waals surface area contributed by atoms with E-state index in [0.29, 0.717) is 11.6 Å². The monoisotopic (exact) mass is 302 g/mol. The van der Waals surface area contributed by atoms with Gasteiger partial charge in [-0.1, -0.05) is 19.1 Å². The average molecular weight is 302 g/mol. The number of anilines is 1. The first-order valence-electron chi connectivity index (χ1n) is 6.62. The van der Waals surface area contributed by atoms with Crippen LogP contribution in [-0.4, -0.2) is 17.6 Å². The van der Waals surface area contributed by atoms with E-state index in [4.69, 9.17) is 18.0 Å². The molecule has 110 valence electrons. The zero-order chi connectivity index (χ0) is 14.9. The van der Waals surface area contributed by atoms with Crippen molar-refractivity contribution in [1.82, 2.24) is 0 Å². The van der Waals surface area contributed by atoms with E-state index in [2.05, 4.69) is 11.8 Å². The Labute approximate surface area is 121 Å². The highest BCUT2D eigenvalue weighted by molar-refractivity contribution is 7.80. The first-order chi connectivity index (χ1) is 9.34. The fraction of sp³-hybridized carbons (Fsp3) is 0.500. The van der Waals surface area contributed by atoms with Crippen LogP contribution >= 0.6 is 12.2 Å². The van der Waals surface area contributed by atoms with E-state index in [1.807, 2.05) is 0 Å². The molecule has 0 aromatic heterocycles. The summed E-state index contributed by atoms with van der Waals surface area (Å²) >= 11 is 4.93. The van der Waals surface area contributed by atoms with Crippen LogP contribution in [-0.2, 0) is 6.18 Å². The van der Waals surface area contributed by atoms with Crippen LogP contribution in [0.3, 0.4) is 0 Å². The maximum absolute atomic E-state index is 12.8. The fourth-order valence-electron chi connectivity index (χ4n) is 2.74. The van der Waals surface area contributed by atoms with Crippen LogP contribution in [0.5, 0.6) is 0 Å². The third-order valence-corrected chi connectivity index (χ3v) is 3.97. The van der Waals surface area contributed by atoms with Gasteiger partial charge in [0.2, 0.25) is 0 Å². The molecule has 1 aromatic carbocycles. The zero-order valence-corrected chi connectivity index (χ0v) is 12.0. The Morgan fingerprint density at radius 3 is 2.70 bits per heavy atom. The lowest BCUT2D eigenvalue weighted by molar-refractivity contribution is -0.137. The van der Waals surface area contributed by atoms with Crippen molar-refractivity contribution in [2.45, 2.75) is 38.4 Å². The van der Waals surface area contributed by atoms with Gasteiger partial charge in [-0.2, -0.15) is 13.2 Å². The molecule has 0 amide bonds. The first-order valence-corrected chi connectivity index (χ1v) is 7.03. The maximum Gasteiger partial charge on any atom is 0.416 e. The maximum atomic E-state index is 12.8. The number of rotatable bonds is 3. The molecular formula is C14H17F3N2S. The minimum absolute atomic E-state index is 0.00727. The van der Waals surface area contributed by atoms with E-state index in [0.717, 1.165) is 43.6 Å². The molecule has 2 N–H and O–H groups in total. The van der Waals surface area contributed by atoms with E-state index in [9.17, 15) is 13.2 Å². The van der Waals surface area contributed by atoms with Gasteiger partial charge in [0.1, 0.15) is 4.99 Å². The van der Waals surface area contributed by atoms with Crippen molar-refractivity contribution < 1.29 is 13.2 Å². The number of nitrogens with zero attached hydrogens (tertiary/aromatic N) is 1. The summed E-state index contributed by atoms with van der Waals surface area (Å²) in [6.07, 6.45) is -1.34. The third kappa shape index (κ3) is 2.90. The van der Waals surface area contributed by atoms with Crippen molar-refractivity contribution in [1.29, 1.82) is 0 Å². The highest BCUT2D eigenvalue weighted by Gasteiger charge is 2.33. The van der Waals surface area contributed by atoms with Crippen molar-refractivity contribution >= 4 is 22.9 Å². The largest absolute Gasteiger partial charge is 0.416 e. The second-order valence-electron chi connectivity index (χ2n) is 4.99. The Kier molecular flexibility index (Phi) is 4.22. The van der Waals surface area contributed by atoms with Crippen LogP contribution in [0.25, 0.3) is 0 Å². The van der Waals surface area contributed by atoms with Gasteiger partial charge in [0.05, 0.1) is 5.56 Å². The number of thiocarbonyl (C=S) groups is 1. The van der Waals surface area contributed by atoms with Gasteiger partial charge in [0.25, 0.3) is 0 Å². The molecule has 20 heavy (non-hydrogen) atoms. The smallest absolute Gasteiger partial charge is 0.389 e. The predicted molar refractivity (Wildman–Crippen MR) is 78.0 cm³/mol. The minimum Gasteiger partial charge on any atom is -0.389 e. The molecule has 0 spiro atoms. The summed E-state index contributed by atoms with van der Waals surface area (Å²) < 4.78 is 38.4. The molecule has 1 aliphatic heterocycles. The third-order valence-electron chi connectivity index (χ3n) is 3.75. The van der Waals surface area contributed by atoms with Gasteiger partial charge < -0.3 is 10.6 Å². The molecular weight excluding hydrogens is 285 g/mol.